The van der Waals surface area contributed by atoms with Gasteiger partial charge in [-0.15, -0.1) is 0 Å². The van der Waals surface area contributed by atoms with Crippen molar-refractivity contribution in [1.82, 2.24) is 0 Å². The van der Waals surface area contributed by atoms with Crippen molar-refractivity contribution in [2.75, 3.05) is 5.73 Å². The Morgan fingerprint density at radius 3 is 2.58 bits per heavy atom. The highest BCUT2D eigenvalue weighted by Gasteiger charge is 2.11. The number of rotatable bonds is 1. The van der Waals surface area contributed by atoms with E-state index in [1.54, 1.807) is 0 Å². The first-order valence-electron chi connectivity index (χ1n) is 3.03. The third-order valence-corrected chi connectivity index (χ3v) is 1.66. The number of halogens is 1. The van der Waals surface area contributed by atoms with Crippen LogP contribution in [0.4, 0.5) is 5.69 Å². The normalized spacial score (nSPS) is 9.75. The van der Waals surface area contributed by atoms with E-state index < -0.39 is 5.97 Å². The second-order valence-corrected chi connectivity index (χ2v) is 2.60. The summed E-state index contributed by atoms with van der Waals surface area (Å²) in [5.74, 6) is -1.48. The van der Waals surface area contributed by atoms with Crippen molar-refractivity contribution < 1.29 is 15.0 Å². The van der Waals surface area contributed by atoms with Crippen LogP contribution in [-0.4, -0.2) is 16.2 Å². The number of carboxylic acid groups (broad SMARTS) is 1. The molecule has 0 aromatic heterocycles. The zero-order chi connectivity index (χ0) is 9.30. The van der Waals surface area contributed by atoms with Crippen LogP contribution >= 0.6 is 11.6 Å². The molecule has 0 aliphatic carbocycles. The Kier molecular flexibility index (Phi) is 2.10. The first kappa shape index (κ1) is 8.67. The fourth-order valence-electron chi connectivity index (χ4n) is 0.741. The average Bonchev–Trinajstić information content (AvgIpc) is 1.96. The van der Waals surface area contributed by atoms with Crippen molar-refractivity contribution in [3.8, 4) is 5.75 Å². The van der Waals surface area contributed by atoms with Gasteiger partial charge in [0.15, 0.2) is 0 Å². The maximum Gasteiger partial charge on any atom is 0.337 e. The largest absolute Gasteiger partial charge is 0.506 e. The van der Waals surface area contributed by atoms with Crippen molar-refractivity contribution in [1.29, 1.82) is 0 Å². The lowest BCUT2D eigenvalue weighted by atomic mass is 10.2. The van der Waals surface area contributed by atoms with Gasteiger partial charge in [-0.25, -0.2) is 4.79 Å². The first-order valence-corrected chi connectivity index (χ1v) is 3.41. The highest BCUT2D eigenvalue weighted by Crippen LogP contribution is 2.27. The molecule has 1 aromatic rings. The molecule has 4 N–H and O–H groups in total. The number of nitrogen functional groups attached to an aromatic ring is 1. The van der Waals surface area contributed by atoms with Crippen molar-refractivity contribution in [2.45, 2.75) is 0 Å². The first-order chi connectivity index (χ1) is 5.52. The van der Waals surface area contributed by atoms with Crippen LogP contribution < -0.4 is 5.73 Å². The van der Waals surface area contributed by atoms with E-state index in [1.165, 1.54) is 6.07 Å². The van der Waals surface area contributed by atoms with Crippen LogP contribution in [0.3, 0.4) is 0 Å². The van der Waals surface area contributed by atoms with E-state index in [0.29, 0.717) is 0 Å². The SMILES string of the molecule is Nc1cc(Cl)c(C(=O)O)cc1O. The lowest BCUT2D eigenvalue weighted by Crippen LogP contribution is -1.98. The van der Waals surface area contributed by atoms with E-state index >= 15 is 0 Å². The summed E-state index contributed by atoms with van der Waals surface area (Å²) >= 11 is 5.52. The number of carbonyl (C=O) groups is 1. The Morgan fingerprint density at radius 1 is 1.50 bits per heavy atom. The lowest BCUT2D eigenvalue weighted by Gasteiger charge is -2.02. The van der Waals surface area contributed by atoms with Gasteiger partial charge >= 0.3 is 5.97 Å². The van der Waals surface area contributed by atoms with Gasteiger partial charge in [0, 0.05) is 0 Å². The summed E-state index contributed by atoms with van der Waals surface area (Å²) in [5, 5.41) is 17.6. The van der Waals surface area contributed by atoms with Crippen molar-refractivity contribution in [2.24, 2.45) is 0 Å². The van der Waals surface area contributed by atoms with E-state index in [4.69, 9.17) is 27.5 Å². The van der Waals surface area contributed by atoms with Crippen LogP contribution in [0.5, 0.6) is 5.75 Å². The molecule has 5 heteroatoms. The van der Waals surface area contributed by atoms with E-state index in [0.717, 1.165) is 6.07 Å². The molecule has 1 rings (SSSR count). The van der Waals surface area contributed by atoms with Gasteiger partial charge in [-0.3, -0.25) is 0 Å². The molecule has 0 atom stereocenters. The second-order valence-electron chi connectivity index (χ2n) is 2.20. The number of hydrogen-bond donors (Lipinski definition) is 3. The summed E-state index contributed by atoms with van der Waals surface area (Å²) in [7, 11) is 0. The van der Waals surface area contributed by atoms with Crippen LogP contribution in [0.15, 0.2) is 12.1 Å². The van der Waals surface area contributed by atoms with Crippen LogP contribution in [0.1, 0.15) is 10.4 Å². The summed E-state index contributed by atoms with van der Waals surface area (Å²) < 4.78 is 0. The number of phenols is 1. The molecule has 0 amide bonds. The van der Waals surface area contributed by atoms with E-state index in [2.05, 4.69) is 0 Å². The predicted octanol–water partition coefficient (Wildman–Crippen LogP) is 1.33. The van der Waals surface area contributed by atoms with Crippen molar-refractivity contribution in [3.63, 3.8) is 0 Å². The third kappa shape index (κ3) is 1.43. The van der Waals surface area contributed by atoms with E-state index in [1.807, 2.05) is 0 Å². The van der Waals surface area contributed by atoms with Gasteiger partial charge in [-0.2, -0.15) is 0 Å². The van der Waals surface area contributed by atoms with Gasteiger partial charge in [0.2, 0.25) is 0 Å². The van der Waals surface area contributed by atoms with Gasteiger partial charge in [0.1, 0.15) is 5.75 Å². The van der Waals surface area contributed by atoms with Crippen molar-refractivity contribution >= 4 is 23.3 Å². The summed E-state index contributed by atoms with van der Waals surface area (Å²) in [4.78, 5) is 10.4. The fourth-order valence-corrected chi connectivity index (χ4v) is 0.994. The molecule has 0 bridgehead atoms. The molecule has 0 saturated heterocycles. The fraction of sp³-hybridized carbons (Fsp3) is 0. The van der Waals surface area contributed by atoms with Gasteiger partial charge < -0.3 is 15.9 Å². The zero-order valence-corrected chi connectivity index (χ0v) is 6.67. The van der Waals surface area contributed by atoms with Crippen LogP contribution in [0, 0.1) is 0 Å². The minimum Gasteiger partial charge on any atom is -0.506 e. The topological polar surface area (TPSA) is 83.6 Å². The molecule has 12 heavy (non-hydrogen) atoms. The smallest absolute Gasteiger partial charge is 0.337 e. The number of benzene rings is 1. The monoisotopic (exact) mass is 187 g/mol. The number of aromatic carboxylic acids is 1. The molecule has 0 unspecified atom stereocenters. The number of nitrogens with two attached hydrogens (primary N) is 1. The molecule has 0 spiro atoms. The Morgan fingerprint density at radius 2 is 2.08 bits per heavy atom. The van der Waals surface area contributed by atoms with Gasteiger partial charge in [0.05, 0.1) is 16.3 Å². The van der Waals surface area contributed by atoms with Crippen LogP contribution in [-0.2, 0) is 0 Å². The van der Waals surface area contributed by atoms with Gasteiger partial charge in [0.25, 0.3) is 0 Å². The average molecular weight is 188 g/mol. The minimum absolute atomic E-state index is 0.0119. The molecular weight excluding hydrogens is 182 g/mol. The van der Waals surface area contributed by atoms with Crippen molar-refractivity contribution in [3.05, 3.63) is 22.7 Å². The maximum absolute atomic E-state index is 10.4. The quantitative estimate of drug-likeness (QED) is 0.458. The van der Waals surface area contributed by atoms with Gasteiger partial charge in [-0.05, 0) is 12.1 Å². The van der Waals surface area contributed by atoms with Gasteiger partial charge in [-0.1, -0.05) is 11.6 Å². The highest BCUT2D eigenvalue weighted by atomic mass is 35.5. The zero-order valence-electron chi connectivity index (χ0n) is 5.91. The molecular formula is C7H6ClNO3. The Labute approximate surface area is 73.2 Å². The number of carboxylic acids is 1. The van der Waals surface area contributed by atoms with E-state index in [-0.39, 0.29) is 22.0 Å². The van der Waals surface area contributed by atoms with E-state index in [9.17, 15) is 4.79 Å². The summed E-state index contributed by atoms with van der Waals surface area (Å²) in [6, 6.07) is 2.21. The molecule has 0 saturated carbocycles. The lowest BCUT2D eigenvalue weighted by molar-refractivity contribution is 0.0696. The summed E-state index contributed by atoms with van der Waals surface area (Å²) in [6.45, 7) is 0. The number of hydrogen-bond acceptors (Lipinski definition) is 3. The molecule has 0 fully saturated rings. The molecule has 0 aliphatic heterocycles. The highest BCUT2D eigenvalue weighted by molar-refractivity contribution is 6.33. The Balaban J connectivity index is 3.33. The molecule has 64 valence electrons. The molecule has 4 nitrogen and oxygen atoms in total. The Hall–Kier alpha value is -1.42. The molecule has 0 radical (unpaired) electrons. The molecule has 0 heterocycles. The number of anilines is 1. The summed E-state index contributed by atoms with van der Waals surface area (Å²) in [5.41, 5.74) is 5.16. The predicted molar refractivity (Wildman–Crippen MR) is 44.5 cm³/mol. The second kappa shape index (κ2) is 2.91. The standard InChI is InChI=1S/C7H6ClNO3/c8-4-2-5(9)6(10)1-3(4)7(11)12/h1-2,10H,9H2,(H,11,12). The minimum atomic E-state index is -1.20. The summed E-state index contributed by atoms with van der Waals surface area (Å²) in [6.07, 6.45) is 0. The molecule has 1 aromatic carbocycles. The molecule has 0 aliphatic rings. The number of phenolic OH excluding ortho intramolecular Hbond substituents is 1. The van der Waals surface area contributed by atoms with Crippen LogP contribution in [0.25, 0.3) is 0 Å². The Bertz CT molecular complexity index is 338. The third-order valence-electron chi connectivity index (χ3n) is 1.35. The maximum atomic E-state index is 10.4. The number of aromatic hydroxyl groups is 1. The van der Waals surface area contributed by atoms with Crippen LogP contribution in [0.2, 0.25) is 5.02 Å².